The first-order valence-corrected chi connectivity index (χ1v) is 7.74. The van der Waals surface area contributed by atoms with Crippen LogP contribution in [0.25, 0.3) is 33.8 Å². The van der Waals surface area contributed by atoms with E-state index < -0.39 is 5.91 Å². The van der Waals surface area contributed by atoms with Crippen LogP contribution in [0.4, 0.5) is 0 Å². The van der Waals surface area contributed by atoms with Crippen LogP contribution < -0.4 is 5.73 Å². The molecule has 0 atom stereocenters. The highest BCUT2D eigenvalue weighted by atomic mass is 35.5. The Morgan fingerprint density at radius 3 is 2.80 bits per heavy atom. The van der Waals surface area contributed by atoms with Crippen molar-refractivity contribution in [2.45, 2.75) is 0 Å². The van der Waals surface area contributed by atoms with Crippen LogP contribution in [0, 0.1) is 0 Å². The number of rotatable bonds is 3. The first-order valence-electron chi connectivity index (χ1n) is 7.36. The Bertz CT molecular complexity index is 1120. The average Bonchev–Trinajstić information content (AvgIpc) is 3.17. The van der Waals surface area contributed by atoms with Gasteiger partial charge in [0.25, 0.3) is 0 Å². The van der Waals surface area contributed by atoms with E-state index in [1.165, 1.54) is 0 Å². The van der Waals surface area contributed by atoms with E-state index in [1.54, 1.807) is 42.5 Å². The molecule has 5 N–H and O–H groups in total. The zero-order valence-electron chi connectivity index (χ0n) is 12.7. The van der Waals surface area contributed by atoms with Crippen molar-refractivity contribution in [3.05, 3.63) is 53.1 Å². The van der Waals surface area contributed by atoms with E-state index in [2.05, 4.69) is 20.2 Å². The largest absolute Gasteiger partial charge is 0.504 e. The lowest BCUT2D eigenvalue weighted by atomic mass is 10.1. The monoisotopic (exact) mass is 353 g/mol. The van der Waals surface area contributed by atoms with Crippen molar-refractivity contribution in [3.63, 3.8) is 0 Å². The number of hydrogen-bond acceptors (Lipinski definition) is 4. The molecule has 0 unspecified atom stereocenters. The second-order valence-electron chi connectivity index (χ2n) is 5.49. The van der Waals surface area contributed by atoms with E-state index in [0.29, 0.717) is 44.4 Å². The Hall–Kier alpha value is -3.32. The maximum Gasteiger partial charge on any atom is 0.248 e. The number of primary amides is 1. The van der Waals surface area contributed by atoms with Crippen LogP contribution in [0.2, 0.25) is 5.02 Å². The summed E-state index contributed by atoms with van der Waals surface area (Å²) in [7, 11) is 0. The molecule has 0 radical (unpaired) electrons. The Balaban J connectivity index is 1.80. The third-order valence-corrected chi connectivity index (χ3v) is 4.08. The van der Waals surface area contributed by atoms with Crippen molar-refractivity contribution in [2.75, 3.05) is 0 Å². The lowest BCUT2D eigenvalue weighted by Crippen LogP contribution is -2.10. The van der Waals surface area contributed by atoms with Gasteiger partial charge in [0.05, 0.1) is 11.0 Å². The second kappa shape index (κ2) is 5.64. The minimum Gasteiger partial charge on any atom is -0.504 e. The third kappa shape index (κ3) is 2.60. The summed E-state index contributed by atoms with van der Waals surface area (Å²) in [5.41, 5.74) is 8.32. The van der Waals surface area contributed by atoms with Gasteiger partial charge in [-0.1, -0.05) is 23.7 Å². The molecule has 0 aliphatic carbocycles. The minimum atomic E-state index is -0.523. The van der Waals surface area contributed by atoms with Crippen LogP contribution >= 0.6 is 11.6 Å². The number of aromatic nitrogens is 4. The number of nitrogens with zero attached hydrogens (tertiary/aromatic N) is 2. The smallest absolute Gasteiger partial charge is 0.248 e. The summed E-state index contributed by atoms with van der Waals surface area (Å²) in [5, 5.41) is 18.0. The standard InChI is InChI=1S/C17H12ClN5O2/c18-10-3-1-2-8(6-10)13-15(24)14(23-22-13)17-20-11-5-4-9(16(19)25)7-12(11)21-17/h1-7,24H,(H2,19,25)(H,20,21)(H,22,23). The molecule has 0 bridgehead atoms. The van der Waals surface area contributed by atoms with Gasteiger partial charge in [-0.15, -0.1) is 0 Å². The van der Waals surface area contributed by atoms with Crippen LogP contribution in [0.3, 0.4) is 0 Å². The number of H-pyrrole nitrogens is 2. The fourth-order valence-electron chi connectivity index (χ4n) is 2.62. The molecular weight excluding hydrogens is 342 g/mol. The lowest BCUT2D eigenvalue weighted by Gasteiger charge is -1.98. The molecule has 4 rings (SSSR count). The maximum atomic E-state index is 11.3. The van der Waals surface area contributed by atoms with Crippen molar-refractivity contribution >= 4 is 28.5 Å². The van der Waals surface area contributed by atoms with Crippen LogP contribution in [-0.4, -0.2) is 31.2 Å². The lowest BCUT2D eigenvalue weighted by molar-refractivity contribution is 0.100. The van der Waals surface area contributed by atoms with Gasteiger partial charge in [0.15, 0.2) is 11.6 Å². The number of fused-ring (bicyclic) bond motifs is 1. The molecule has 4 aromatic rings. The van der Waals surface area contributed by atoms with Gasteiger partial charge in [-0.25, -0.2) is 4.98 Å². The molecule has 2 aromatic carbocycles. The van der Waals surface area contributed by atoms with E-state index in [0.717, 1.165) is 0 Å². The summed E-state index contributed by atoms with van der Waals surface area (Å²) in [6.45, 7) is 0. The number of carbonyl (C=O) groups excluding carboxylic acids is 1. The molecule has 8 heteroatoms. The zero-order chi connectivity index (χ0) is 17.6. The summed E-state index contributed by atoms with van der Waals surface area (Å²) >= 11 is 5.99. The minimum absolute atomic E-state index is 0.0450. The van der Waals surface area contributed by atoms with E-state index in [-0.39, 0.29) is 5.75 Å². The molecule has 0 aliphatic rings. The normalized spacial score (nSPS) is 11.1. The predicted octanol–water partition coefficient (Wildman–Crippen LogP) is 3.08. The summed E-state index contributed by atoms with van der Waals surface area (Å²) in [5.74, 6) is -0.169. The number of halogens is 1. The average molecular weight is 354 g/mol. The molecular formula is C17H12ClN5O2. The summed E-state index contributed by atoms with van der Waals surface area (Å²) < 4.78 is 0. The highest BCUT2D eigenvalue weighted by Gasteiger charge is 2.18. The molecule has 2 aromatic heterocycles. The highest BCUT2D eigenvalue weighted by molar-refractivity contribution is 6.30. The topological polar surface area (TPSA) is 121 Å². The van der Waals surface area contributed by atoms with E-state index in [9.17, 15) is 9.90 Å². The van der Waals surface area contributed by atoms with Crippen LogP contribution in [0.15, 0.2) is 42.5 Å². The number of nitrogens with one attached hydrogen (secondary N) is 2. The van der Waals surface area contributed by atoms with Crippen LogP contribution in [0.1, 0.15) is 10.4 Å². The Morgan fingerprint density at radius 2 is 2.04 bits per heavy atom. The molecule has 0 fully saturated rings. The van der Waals surface area contributed by atoms with Crippen molar-refractivity contribution in [1.82, 2.24) is 20.2 Å². The van der Waals surface area contributed by atoms with Crippen molar-refractivity contribution in [1.29, 1.82) is 0 Å². The van der Waals surface area contributed by atoms with Crippen LogP contribution in [0.5, 0.6) is 5.75 Å². The third-order valence-electron chi connectivity index (χ3n) is 3.84. The predicted molar refractivity (Wildman–Crippen MR) is 94.3 cm³/mol. The van der Waals surface area contributed by atoms with Gasteiger partial charge in [0, 0.05) is 16.1 Å². The van der Waals surface area contributed by atoms with Crippen molar-refractivity contribution < 1.29 is 9.90 Å². The van der Waals surface area contributed by atoms with Crippen molar-refractivity contribution in [3.8, 4) is 28.5 Å². The number of benzene rings is 2. The van der Waals surface area contributed by atoms with Gasteiger partial charge in [-0.05, 0) is 30.3 Å². The van der Waals surface area contributed by atoms with Gasteiger partial charge < -0.3 is 15.8 Å². The molecule has 2 heterocycles. The van der Waals surface area contributed by atoms with E-state index >= 15 is 0 Å². The maximum absolute atomic E-state index is 11.3. The van der Waals surface area contributed by atoms with Crippen LogP contribution in [-0.2, 0) is 0 Å². The fraction of sp³-hybridized carbons (Fsp3) is 0. The van der Waals surface area contributed by atoms with E-state index in [1.807, 2.05) is 0 Å². The molecule has 0 spiro atoms. The molecule has 1 amide bonds. The first-order chi connectivity index (χ1) is 12.0. The Kier molecular flexibility index (Phi) is 3.43. The summed E-state index contributed by atoms with van der Waals surface area (Å²) in [4.78, 5) is 18.7. The van der Waals surface area contributed by atoms with Gasteiger partial charge in [-0.2, -0.15) is 5.10 Å². The number of nitrogens with two attached hydrogens (primary N) is 1. The second-order valence-corrected chi connectivity index (χ2v) is 5.92. The first kappa shape index (κ1) is 15.2. The van der Waals surface area contributed by atoms with Gasteiger partial charge >= 0.3 is 0 Å². The Labute approximate surface area is 146 Å². The molecule has 124 valence electrons. The highest BCUT2D eigenvalue weighted by Crippen LogP contribution is 2.36. The summed E-state index contributed by atoms with van der Waals surface area (Å²) in [6, 6.07) is 11.9. The fourth-order valence-corrected chi connectivity index (χ4v) is 2.81. The number of imidazole rings is 1. The SMILES string of the molecule is NC(=O)c1ccc2nc(-c3[nH]nc(-c4cccc(Cl)c4)c3O)[nH]c2c1. The number of hydrogen-bond donors (Lipinski definition) is 4. The zero-order valence-corrected chi connectivity index (χ0v) is 13.5. The van der Waals surface area contributed by atoms with E-state index in [4.69, 9.17) is 17.3 Å². The Morgan fingerprint density at radius 1 is 1.20 bits per heavy atom. The van der Waals surface area contributed by atoms with Gasteiger partial charge in [0.1, 0.15) is 11.4 Å². The molecule has 7 nitrogen and oxygen atoms in total. The van der Waals surface area contributed by atoms with Crippen molar-refractivity contribution in [2.24, 2.45) is 5.73 Å². The molecule has 0 saturated heterocycles. The summed E-state index contributed by atoms with van der Waals surface area (Å²) in [6.07, 6.45) is 0. The van der Waals surface area contributed by atoms with Gasteiger partial charge in [-0.3, -0.25) is 9.89 Å². The molecule has 0 aliphatic heterocycles. The number of aromatic hydroxyl groups is 1. The molecule has 0 saturated carbocycles. The quantitative estimate of drug-likeness (QED) is 0.452. The molecule has 25 heavy (non-hydrogen) atoms. The van der Waals surface area contributed by atoms with Gasteiger partial charge in [0.2, 0.25) is 5.91 Å². The number of amides is 1. The number of carbonyl (C=O) groups is 1. The number of aromatic amines is 2.